The van der Waals surface area contributed by atoms with Crippen LogP contribution in [0.5, 0.6) is 0 Å². The molecule has 0 aliphatic rings. The Morgan fingerprint density at radius 2 is 1.92 bits per heavy atom. The van der Waals surface area contributed by atoms with Gasteiger partial charge in [-0.1, -0.05) is 0 Å². The third-order valence-electron chi connectivity index (χ3n) is 3.50. The number of benzene rings is 1. The van der Waals surface area contributed by atoms with Gasteiger partial charge in [0, 0.05) is 24.0 Å². The first-order valence-electron chi connectivity index (χ1n) is 8.17. The summed E-state index contributed by atoms with van der Waals surface area (Å²) in [5, 5.41) is 6.48. The summed E-state index contributed by atoms with van der Waals surface area (Å²) in [6.07, 6.45) is 1.02. The molecule has 1 aromatic carbocycles. The average Bonchev–Trinajstić information content (AvgIpc) is 2.58. The maximum Gasteiger partial charge on any atom is 0.337 e. The fraction of sp³-hybridized carbons (Fsp3) is 0.389. The minimum absolute atomic E-state index is 0.353. The Kier molecular flexibility index (Phi) is 6.71. The normalized spacial score (nSPS) is 10.6. The molecule has 0 atom stereocenters. The van der Waals surface area contributed by atoms with Gasteiger partial charge in [0.15, 0.2) is 0 Å². The van der Waals surface area contributed by atoms with Crippen molar-refractivity contribution in [1.29, 1.82) is 0 Å². The zero-order valence-electron chi connectivity index (χ0n) is 15.2. The lowest BCUT2D eigenvalue weighted by atomic mass is 10.2. The minimum atomic E-state index is -0.353. The number of carbonyl (C=O) groups is 1. The predicted octanol–water partition coefficient (Wildman–Crippen LogP) is 2.68. The van der Waals surface area contributed by atoms with Crippen molar-refractivity contribution >= 4 is 23.4 Å². The second kappa shape index (κ2) is 8.98. The summed E-state index contributed by atoms with van der Waals surface area (Å²) in [7, 11) is 5.47. The number of esters is 1. The Labute approximate surface area is 148 Å². The van der Waals surface area contributed by atoms with Crippen LogP contribution in [-0.4, -0.2) is 55.1 Å². The number of ether oxygens (including phenoxy) is 1. The molecule has 134 valence electrons. The molecule has 7 heteroatoms. The SMILES string of the molecule is COC(=O)c1ccc(Nc2cc(C)nc(NCCCN(C)C)n2)cc1. The molecule has 2 N–H and O–H groups in total. The van der Waals surface area contributed by atoms with E-state index in [1.807, 2.05) is 25.1 Å². The number of nitrogens with zero attached hydrogens (tertiary/aromatic N) is 3. The summed E-state index contributed by atoms with van der Waals surface area (Å²) < 4.78 is 4.70. The first-order chi connectivity index (χ1) is 12.0. The summed E-state index contributed by atoms with van der Waals surface area (Å²) in [5.41, 5.74) is 2.22. The second-order valence-corrected chi connectivity index (χ2v) is 6.00. The van der Waals surface area contributed by atoms with Crippen LogP contribution in [0.4, 0.5) is 17.5 Å². The molecule has 0 radical (unpaired) electrons. The maximum absolute atomic E-state index is 11.5. The van der Waals surface area contributed by atoms with Gasteiger partial charge < -0.3 is 20.3 Å². The van der Waals surface area contributed by atoms with Crippen molar-refractivity contribution < 1.29 is 9.53 Å². The largest absolute Gasteiger partial charge is 0.465 e. The molecule has 0 saturated carbocycles. The number of methoxy groups -OCH3 is 1. The first-order valence-corrected chi connectivity index (χ1v) is 8.17. The lowest BCUT2D eigenvalue weighted by Gasteiger charge is -2.12. The summed E-state index contributed by atoms with van der Waals surface area (Å²) >= 11 is 0. The molecular weight excluding hydrogens is 318 g/mol. The van der Waals surface area contributed by atoms with Gasteiger partial charge in [-0.25, -0.2) is 9.78 Å². The third kappa shape index (κ3) is 6.04. The number of aryl methyl sites for hydroxylation is 1. The standard InChI is InChI=1S/C18H25N5O2/c1-13-12-16(22-18(20-13)19-10-5-11-23(2)3)21-15-8-6-14(7-9-15)17(24)25-4/h6-9,12H,5,10-11H2,1-4H3,(H2,19,20,21,22). The van der Waals surface area contributed by atoms with Gasteiger partial charge in [0.1, 0.15) is 5.82 Å². The van der Waals surface area contributed by atoms with E-state index in [2.05, 4.69) is 39.6 Å². The van der Waals surface area contributed by atoms with Crippen LogP contribution in [0.15, 0.2) is 30.3 Å². The van der Waals surface area contributed by atoms with Gasteiger partial charge in [0.25, 0.3) is 0 Å². The number of anilines is 3. The van der Waals surface area contributed by atoms with Crippen LogP contribution < -0.4 is 10.6 Å². The van der Waals surface area contributed by atoms with Gasteiger partial charge in [-0.3, -0.25) is 0 Å². The second-order valence-electron chi connectivity index (χ2n) is 6.00. The van der Waals surface area contributed by atoms with E-state index in [1.165, 1.54) is 7.11 Å². The van der Waals surface area contributed by atoms with Crippen molar-refractivity contribution in [3.8, 4) is 0 Å². The fourth-order valence-corrected chi connectivity index (χ4v) is 2.26. The number of carbonyl (C=O) groups excluding carboxylic acids is 1. The molecule has 0 unspecified atom stereocenters. The Hall–Kier alpha value is -2.67. The molecule has 0 bridgehead atoms. The van der Waals surface area contributed by atoms with Crippen LogP contribution in [0.3, 0.4) is 0 Å². The van der Waals surface area contributed by atoms with E-state index >= 15 is 0 Å². The molecule has 0 aliphatic carbocycles. The quantitative estimate of drug-likeness (QED) is 0.563. The van der Waals surface area contributed by atoms with Gasteiger partial charge in [-0.15, -0.1) is 0 Å². The number of nitrogens with one attached hydrogen (secondary N) is 2. The van der Waals surface area contributed by atoms with Crippen molar-refractivity contribution in [2.45, 2.75) is 13.3 Å². The van der Waals surface area contributed by atoms with Crippen molar-refractivity contribution in [2.24, 2.45) is 0 Å². The van der Waals surface area contributed by atoms with Crippen molar-refractivity contribution in [3.63, 3.8) is 0 Å². The van der Waals surface area contributed by atoms with Crippen LogP contribution in [0.1, 0.15) is 22.5 Å². The lowest BCUT2D eigenvalue weighted by Crippen LogP contribution is -2.17. The van der Waals surface area contributed by atoms with E-state index < -0.39 is 0 Å². The van der Waals surface area contributed by atoms with Crippen LogP contribution in [-0.2, 0) is 4.74 Å². The van der Waals surface area contributed by atoms with E-state index in [0.717, 1.165) is 30.9 Å². The molecule has 25 heavy (non-hydrogen) atoms. The fourth-order valence-electron chi connectivity index (χ4n) is 2.26. The Morgan fingerprint density at radius 3 is 2.56 bits per heavy atom. The van der Waals surface area contributed by atoms with E-state index in [-0.39, 0.29) is 5.97 Å². The van der Waals surface area contributed by atoms with E-state index in [1.54, 1.807) is 12.1 Å². The topological polar surface area (TPSA) is 79.4 Å². The molecule has 1 heterocycles. The highest BCUT2D eigenvalue weighted by atomic mass is 16.5. The molecule has 0 spiro atoms. The zero-order valence-corrected chi connectivity index (χ0v) is 15.2. The number of hydrogen-bond donors (Lipinski definition) is 2. The monoisotopic (exact) mass is 343 g/mol. The van der Waals surface area contributed by atoms with Gasteiger partial charge in [0.05, 0.1) is 12.7 Å². The van der Waals surface area contributed by atoms with Gasteiger partial charge in [-0.2, -0.15) is 4.98 Å². The smallest absolute Gasteiger partial charge is 0.337 e. The van der Waals surface area contributed by atoms with Crippen molar-refractivity contribution in [2.75, 3.05) is 44.9 Å². The first kappa shape index (κ1) is 18.7. The van der Waals surface area contributed by atoms with Gasteiger partial charge in [-0.05, 0) is 58.3 Å². The van der Waals surface area contributed by atoms with Crippen molar-refractivity contribution in [3.05, 3.63) is 41.6 Å². The highest BCUT2D eigenvalue weighted by molar-refractivity contribution is 5.89. The predicted molar refractivity (Wildman–Crippen MR) is 99.5 cm³/mol. The Balaban J connectivity index is 2.00. The summed E-state index contributed by atoms with van der Waals surface area (Å²) in [6.45, 7) is 3.75. The van der Waals surface area contributed by atoms with E-state index in [4.69, 9.17) is 4.74 Å². The molecule has 1 aromatic heterocycles. The number of rotatable bonds is 8. The van der Waals surface area contributed by atoms with Crippen molar-refractivity contribution in [1.82, 2.24) is 14.9 Å². The summed E-state index contributed by atoms with van der Waals surface area (Å²) in [5.74, 6) is 0.953. The van der Waals surface area contributed by atoms with Crippen LogP contribution >= 0.6 is 0 Å². The average molecular weight is 343 g/mol. The Bertz CT molecular complexity index is 701. The lowest BCUT2D eigenvalue weighted by molar-refractivity contribution is 0.0601. The Morgan fingerprint density at radius 1 is 1.20 bits per heavy atom. The number of hydrogen-bond acceptors (Lipinski definition) is 7. The maximum atomic E-state index is 11.5. The van der Waals surface area contributed by atoms with E-state index in [9.17, 15) is 4.79 Å². The minimum Gasteiger partial charge on any atom is -0.465 e. The third-order valence-corrected chi connectivity index (χ3v) is 3.50. The molecule has 2 aromatic rings. The van der Waals surface area contributed by atoms with Gasteiger partial charge >= 0.3 is 5.97 Å². The molecule has 2 rings (SSSR count). The highest BCUT2D eigenvalue weighted by Crippen LogP contribution is 2.17. The summed E-state index contributed by atoms with van der Waals surface area (Å²) in [4.78, 5) is 22.5. The molecule has 0 aliphatic heterocycles. The molecule has 7 nitrogen and oxygen atoms in total. The number of aromatic nitrogens is 2. The van der Waals surface area contributed by atoms with Crippen LogP contribution in [0.25, 0.3) is 0 Å². The molecule has 0 amide bonds. The van der Waals surface area contributed by atoms with Crippen LogP contribution in [0, 0.1) is 6.92 Å². The molecule has 0 fully saturated rings. The van der Waals surface area contributed by atoms with E-state index in [0.29, 0.717) is 17.3 Å². The molecule has 0 saturated heterocycles. The summed E-state index contributed by atoms with van der Waals surface area (Å²) in [6, 6.07) is 8.92. The molecular formula is C18H25N5O2. The highest BCUT2D eigenvalue weighted by Gasteiger charge is 2.06. The zero-order chi connectivity index (χ0) is 18.2. The van der Waals surface area contributed by atoms with Gasteiger partial charge in [0.2, 0.25) is 5.95 Å². The van der Waals surface area contributed by atoms with Crippen LogP contribution in [0.2, 0.25) is 0 Å².